The number of hydroxylamine groups is 1. The number of aromatic nitrogens is 2. The number of benzene rings is 2. The number of halogens is 1. The van der Waals surface area contributed by atoms with Crippen molar-refractivity contribution in [1.82, 2.24) is 15.0 Å². The maximum Gasteiger partial charge on any atom is 0.264 e. The second kappa shape index (κ2) is 8.20. The first-order valence-electron chi connectivity index (χ1n) is 9.38. The number of rotatable bonds is 6. The first-order chi connectivity index (χ1) is 14.5. The molecule has 1 amide bonds. The molecule has 1 aromatic heterocycles. The van der Waals surface area contributed by atoms with Crippen molar-refractivity contribution >= 4 is 26.6 Å². The van der Waals surface area contributed by atoms with E-state index in [-0.39, 0.29) is 23.9 Å². The van der Waals surface area contributed by atoms with E-state index in [1.165, 1.54) is 17.9 Å². The van der Waals surface area contributed by atoms with Gasteiger partial charge in [-0.05, 0) is 43.5 Å². The van der Waals surface area contributed by atoms with Crippen LogP contribution in [-0.2, 0) is 21.2 Å². The fraction of sp³-hybridized carbons (Fsp3) is 0.286. The highest BCUT2D eigenvalue weighted by Gasteiger charge is 2.43. The fourth-order valence-corrected chi connectivity index (χ4v) is 4.07. The number of sulfone groups is 1. The Morgan fingerprint density at radius 1 is 1.23 bits per heavy atom. The second-order valence-electron chi connectivity index (χ2n) is 7.66. The van der Waals surface area contributed by atoms with Crippen LogP contribution >= 0.6 is 0 Å². The zero-order valence-electron chi connectivity index (χ0n) is 17.2. The molecule has 1 heterocycles. The molecule has 0 fully saturated rings. The number of carbonyl (C=O) groups excluding carboxylic acids is 1. The third-order valence-electron chi connectivity index (χ3n) is 5.50. The molecular weight excluding hydrogens is 425 g/mol. The lowest BCUT2D eigenvalue weighted by Gasteiger charge is -2.25. The van der Waals surface area contributed by atoms with Crippen LogP contribution in [0.2, 0.25) is 0 Å². The fourth-order valence-electron chi connectivity index (χ4n) is 3.22. The zero-order chi connectivity index (χ0) is 23.0. The first kappa shape index (κ1) is 22.6. The highest BCUT2D eigenvalue weighted by Crippen LogP contribution is 2.26. The predicted molar refractivity (Wildman–Crippen MR) is 114 cm³/mol. The third kappa shape index (κ3) is 4.21. The number of nitrogens with zero attached hydrogens (tertiary/aromatic N) is 2. The van der Waals surface area contributed by atoms with Gasteiger partial charge in [0, 0.05) is 12.8 Å². The Kier molecular flexibility index (Phi) is 5.97. The molecule has 10 heteroatoms. The van der Waals surface area contributed by atoms with Gasteiger partial charge in [-0.1, -0.05) is 29.8 Å². The van der Waals surface area contributed by atoms with Gasteiger partial charge in [0.15, 0.2) is 14.6 Å². The van der Waals surface area contributed by atoms with Gasteiger partial charge in [0.05, 0.1) is 11.8 Å². The normalized spacial score (nSPS) is 13.7. The molecule has 164 valence electrons. The molecule has 0 bridgehead atoms. The summed E-state index contributed by atoms with van der Waals surface area (Å²) >= 11 is 0. The van der Waals surface area contributed by atoms with Gasteiger partial charge in [-0.2, -0.15) is 0 Å². The molecule has 0 aliphatic carbocycles. The number of hydrogen-bond donors (Lipinski definition) is 2. The summed E-state index contributed by atoms with van der Waals surface area (Å²) in [6, 6.07) is 10.3. The van der Waals surface area contributed by atoms with Crippen molar-refractivity contribution in [2.75, 3.05) is 6.26 Å². The Labute approximate surface area is 178 Å². The number of nitrogens with one attached hydrogen (secondary N) is 1. The number of fused-ring (bicyclic) bond motifs is 1. The van der Waals surface area contributed by atoms with Crippen LogP contribution in [0.1, 0.15) is 18.9 Å². The minimum atomic E-state index is -3.93. The molecule has 1 atom stereocenters. The Hall–Kier alpha value is -3.11. The molecule has 0 saturated heterocycles. The Morgan fingerprint density at radius 2 is 1.87 bits per heavy atom. The molecule has 0 aliphatic rings. The maximum atomic E-state index is 14.9. The Morgan fingerprint density at radius 3 is 2.45 bits per heavy atom. The van der Waals surface area contributed by atoms with Crippen LogP contribution < -0.4 is 11.0 Å². The molecule has 31 heavy (non-hydrogen) atoms. The third-order valence-corrected chi connectivity index (χ3v) is 7.52. The molecule has 0 saturated carbocycles. The average molecular weight is 447 g/mol. The summed E-state index contributed by atoms with van der Waals surface area (Å²) < 4.78 is 38.1. The van der Waals surface area contributed by atoms with E-state index in [0.29, 0.717) is 5.56 Å². The molecule has 0 aliphatic heterocycles. The standard InChI is InChI=1S/C21H22FN3O5S/c1-13-4-6-14(7-5-13)15-10-16(22)18-17(11-15)23-12-25(19(18)26)9-8-21(2,20(27)24-28)31(3,29)30/h4-7,10-12,28H,8-9H2,1-3H3,(H,24,27). The monoisotopic (exact) mass is 447 g/mol. The van der Waals surface area contributed by atoms with Gasteiger partial charge in [0.1, 0.15) is 11.2 Å². The summed E-state index contributed by atoms with van der Waals surface area (Å²) in [5.41, 5.74) is 3.21. The zero-order valence-corrected chi connectivity index (χ0v) is 18.0. The second-order valence-corrected chi connectivity index (χ2v) is 10.1. The van der Waals surface area contributed by atoms with E-state index in [0.717, 1.165) is 28.9 Å². The van der Waals surface area contributed by atoms with Gasteiger partial charge in [0.25, 0.3) is 11.5 Å². The number of amides is 1. The van der Waals surface area contributed by atoms with Crippen molar-refractivity contribution in [2.45, 2.75) is 31.6 Å². The average Bonchev–Trinajstić information content (AvgIpc) is 2.71. The summed E-state index contributed by atoms with van der Waals surface area (Å²) in [5.74, 6) is -1.87. The molecule has 2 N–H and O–H groups in total. The Bertz CT molecular complexity index is 1320. The minimum absolute atomic E-state index is 0.163. The summed E-state index contributed by atoms with van der Waals surface area (Å²) in [7, 11) is -3.93. The van der Waals surface area contributed by atoms with Crippen molar-refractivity contribution in [3.05, 3.63) is 64.5 Å². The van der Waals surface area contributed by atoms with Gasteiger partial charge in [-0.25, -0.2) is 23.3 Å². The summed E-state index contributed by atoms with van der Waals surface area (Å²) in [4.78, 5) is 28.9. The van der Waals surface area contributed by atoms with Gasteiger partial charge >= 0.3 is 0 Å². The van der Waals surface area contributed by atoms with E-state index < -0.39 is 31.9 Å². The highest BCUT2D eigenvalue weighted by atomic mass is 32.2. The number of hydrogen-bond acceptors (Lipinski definition) is 6. The molecule has 3 aromatic rings. The van der Waals surface area contributed by atoms with Crippen LogP contribution in [0.5, 0.6) is 0 Å². The molecule has 1 unspecified atom stereocenters. The summed E-state index contributed by atoms with van der Waals surface area (Å²) in [6.45, 7) is 2.85. The molecule has 3 rings (SSSR count). The molecule has 0 radical (unpaired) electrons. The van der Waals surface area contributed by atoms with Gasteiger partial charge in [-0.15, -0.1) is 0 Å². The van der Waals surface area contributed by atoms with E-state index in [1.54, 1.807) is 6.07 Å². The van der Waals surface area contributed by atoms with Crippen LogP contribution in [0.25, 0.3) is 22.0 Å². The Balaban J connectivity index is 2.01. The van der Waals surface area contributed by atoms with Crippen molar-refractivity contribution in [3.63, 3.8) is 0 Å². The van der Waals surface area contributed by atoms with E-state index >= 15 is 0 Å². The van der Waals surface area contributed by atoms with Crippen molar-refractivity contribution in [3.8, 4) is 11.1 Å². The maximum absolute atomic E-state index is 14.9. The van der Waals surface area contributed by atoms with Gasteiger partial charge < -0.3 is 0 Å². The molecule has 0 spiro atoms. The lowest BCUT2D eigenvalue weighted by atomic mass is 10.0. The summed E-state index contributed by atoms with van der Waals surface area (Å²) in [6.07, 6.45) is 1.72. The number of aryl methyl sites for hydroxylation is 2. The summed E-state index contributed by atoms with van der Waals surface area (Å²) in [5, 5.41) is 8.67. The van der Waals surface area contributed by atoms with E-state index in [9.17, 15) is 22.4 Å². The van der Waals surface area contributed by atoms with Crippen LogP contribution in [0, 0.1) is 12.7 Å². The van der Waals surface area contributed by atoms with Crippen molar-refractivity contribution in [1.29, 1.82) is 0 Å². The minimum Gasteiger partial charge on any atom is -0.299 e. The lowest BCUT2D eigenvalue weighted by molar-refractivity contribution is -0.131. The number of carbonyl (C=O) groups is 1. The predicted octanol–water partition coefficient (Wildman–Crippen LogP) is 2.21. The van der Waals surface area contributed by atoms with Gasteiger partial charge in [-0.3, -0.25) is 19.4 Å². The SMILES string of the molecule is Cc1ccc(-c2cc(F)c3c(=O)n(CCC(C)(C(=O)NO)S(C)(=O)=O)cnc3c2)cc1. The van der Waals surface area contributed by atoms with E-state index in [1.807, 2.05) is 31.2 Å². The first-order valence-corrected chi connectivity index (χ1v) is 11.3. The largest absolute Gasteiger partial charge is 0.299 e. The molecule has 8 nitrogen and oxygen atoms in total. The van der Waals surface area contributed by atoms with Crippen molar-refractivity contribution < 1.29 is 22.8 Å². The van der Waals surface area contributed by atoms with Crippen LogP contribution in [0.3, 0.4) is 0 Å². The van der Waals surface area contributed by atoms with E-state index in [2.05, 4.69) is 4.98 Å². The smallest absolute Gasteiger partial charge is 0.264 e. The quantitative estimate of drug-likeness (QED) is 0.442. The van der Waals surface area contributed by atoms with Crippen LogP contribution in [0.4, 0.5) is 4.39 Å². The lowest BCUT2D eigenvalue weighted by Crippen LogP contribution is -2.50. The topological polar surface area (TPSA) is 118 Å². The molecular formula is C21H22FN3O5S. The van der Waals surface area contributed by atoms with E-state index in [4.69, 9.17) is 5.21 Å². The highest BCUT2D eigenvalue weighted by molar-refractivity contribution is 7.92. The van der Waals surface area contributed by atoms with Crippen molar-refractivity contribution in [2.24, 2.45) is 0 Å². The molecule has 2 aromatic carbocycles. The van der Waals surface area contributed by atoms with Crippen LogP contribution in [-0.4, -0.2) is 40.1 Å². The van der Waals surface area contributed by atoms with Crippen LogP contribution in [0.15, 0.2) is 47.5 Å². The van der Waals surface area contributed by atoms with Gasteiger partial charge in [0.2, 0.25) is 0 Å².